The number of hydrogen-bond acceptors (Lipinski definition) is 5. The standard InChI is InChI=1S/C18H19N5O/c1-12-9-13(5-6-15(12)18-19-21-22-20-18)10-23-8-7-14-3-2-4-17(24)16(14)11-23/h2-6,9,24H,7-8,10-11H2,1H3,(H,19,20,21,22). The number of aromatic amines is 1. The summed E-state index contributed by atoms with van der Waals surface area (Å²) in [5.74, 6) is 1.02. The highest BCUT2D eigenvalue weighted by Gasteiger charge is 2.19. The summed E-state index contributed by atoms with van der Waals surface area (Å²) in [7, 11) is 0. The number of benzene rings is 2. The molecule has 0 bridgehead atoms. The maximum Gasteiger partial charge on any atom is 0.204 e. The van der Waals surface area contributed by atoms with Crippen LogP contribution in [-0.2, 0) is 19.5 Å². The third-order valence-electron chi connectivity index (χ3n) is 4.61. The van der Waals surface area contributed by atoms with Crippen molar-refractivity contribution in [1.82, 2.24) is 25.5 Å². The Kier molecular flexibility index (Phi) is 3.74. The summed E-state index contributed by atoms with van der Waals surface area (Å²) in [5.41, 5.74) is 5.70. The summed E-state index contributed by atoms with van der Waals surface area (Å²) in [6, 6.07) is 12.1. The normalized spacial score (nSPS) is 14.5. The molecular weight excluding hydrogens is 302 g/mol. The highest BCUT2D eigenvalue weighted by Crippen LogP contribution is 2.28. The van der Waals surface area contributed by atoms with Gasteiger partial charge in [0.1, 0.15) is 5.75 Å². The van der Waals surface area contributed by atoms with Gasteiger partial charge in [-0.1, -0.05) is 30.3 Å². The van der Waals surface area contributed by atoms with Crippen LogP contribution in [0.15, 0.2) is 36.4 Å². The van der Waals surface area contributed by atoms with Crippen molar-refractivity contribution in [2.45, 2.75) is 26.4 Å². The van der Waals surface area contributed by atoms with Gasteiger partial charge in [0.25, 0.3) is 0 Å². The number of nitrogens with one attached hydrogen (secondary N) is 1. The van der Waals surface area contributed by atoms with E-state index in [9.17, 15) is 5.11 Å². The van der Waals surface area contributed by atoms with Crippen molar-refractivity contribution in [3.8, 4) is 17.1 Å². The molecule has 1 aromatic heterocycles. The topological polar surface area (TPSA) is 77.9 Å². The third kappa shape index (κ3) is 2.76. The molecule has 0 aliphatic carbocycles. The van der Waals surface area contributed by atoms with Gasteiger partial charge in [0.15, 0.2) is 0 Å². The fourth-order valence-corrected chi connectivity index (χ4v) is 3.36. The van der Waals surface area contributed by atoms with Crippen molar-refractivity contribution < 1.29 is 5.11 Å². The van der Waals surface area contributed by atoms with Crippen molar-refractivity contribution in [2.75, 3.05) is 6.54 Å². The van der Waals surface area contributed by atoms with E-state index in [0.717, 1.165) is 42.7 Å². The minimum Gasteiger partial charge on any atom is -0.508 e. The predicted molar refractivity (Wildman–Crippen MR) is 90.3 cm³/mol. The van der Waals surface area contributed by atoms with Gasteiger partial charge < -0.3 is 5.11 Å². The van der Waals surface area contributed by atoms with Crippen LogP contribution in [-0.4, -0.2) is 37.2 Å². The molecule has 0 atom stereocenters. The van der Waals surface area contributed by atoms with Crippen LogP contribution < -0.4 is 0 Å². The Morgan fingerprint density at radius 2 is 2.17 bits per heavy atom. The molecule has 0 radical (unpaired) electrons. The van der Waals surface area contributed by atoms with Crippen LogP contribution in [0.4, 0.5) is 0 Å². The third-order valence-corrected chi connectivity index (χ3v) is 4.61. The Labute approximate surface area is 140 Å². The summed E-state index contributed by atoms with van der Waals surface area (Å²) in [6.07, 6.45) is 0.976. The second-order valence-corrected chi connectivity index (χ2v) is 6.26. The first kappa shape index (κ1) is 14.8. The quantitative estimate of drug-likeness (QED) is 0.775. The highest BCUT2D eigenvalue weighted by molar-refractivity contribution is 5.59. The van der Waals surface area contributed by atoms with Crippen LogP contribution in [0.1, 0.15) is 22.3 Å². The van der Waals surface area contributed by atoms with Crippen LogP contribution in [0.2, 0.25) is 0 Å². The highest BCUT2D eigenvalue weighted by atomic mass is 16.3. The average molecular weight is 321 g/mol. The molecule has 0 amide bonds. The number of aryl methyl sites for hydroxylation is 1. The van der Waals surface area contributed by atoms with E-state index in [1.165, 1.54) is 11.1 Å². The molecule has 3 aromatic rings. The fourth-order valence-electron chi connectivity index (χ4n) is 3.36. The number of H-pyrrole nitrogens is 1. The molecule has 2 aromatic carbocycles. The summed E-state index contributed by atoms with van der Waals surface area (Å²) >= 11 is 0. The van der Waals surface area contributed by atoms with Gasteiger partial charge in [-0.25, -0.2) is 0 Å². The molecule has 1 aliphatic heterocycles. The zero-order chi connectivity index (χ0) is 16.5. The number of hydrogen-bond donors (Lipinski definition) is 2. The van der Waals surface area contributed by atoms with Crippen LogP contribution in [0.5, 0.6) is 5.75 Å². The molecule has 6 nitrogen and oxygen atoms in total. The number of phenols is 1. The van der Waals surface area contributed by atoms with Crippen molar-refractivity contribution in [1.29, 1.82) is 0 Å². The SMILES string of the molecule is Cc1cc(CN2CCc3cccc(O)c3C2)ccc1-c1nn[nH]n1. The molecule has 24 heavy (non-hydrogen) atoms. The van der Waals surface area contributed by atoms with Gasteiger partial charge in [-0.3, -0.25) is 4.90 Å². The van der Waals surface area contributed by atoms with Gasteiger partial charge in [0.05, 0.1) is 0 Å². The van der Waals surface area contributed by atoms with Gasteiger partial charge in [0.2, 0.25) is 5.82 Å². The fraction of sp³-hybridized carbons (Fsp3) is 0.278. The van der Waals surface area contributed by atoms with Gasteiger partial charge >= 0.3 is 0 Å². The van der Waals surface area contributed by atoms with E-state index < -0.39 is 0 Å². The molecule has 0 saturated heterocycles. The zero-order valence-corrected chi connectivity index (χ0v) is 13.5. The Bertz CT molecular complexity index is 860. The van der Waals surface area contributed by atoms with E-state index in [4.69, 9.17) is 0 Å². The Hall–Kier alpha value is -2.73. The van der Waals surface area contributed by atoms with Crippen molar-refractivity contribution in [3.05, 3.63) is 58.7 Å². The van der Waals surface area contributed by atoms with E-state index >= 15 is 0 Å². The molecule has 0 unspecified atom stereocenters. The molecule has 2 N–H and O–H groups in total. The smallest absolute Gasteiger partial charge is 0.204 e. The van der Waals surface area contributed by atoms with Crippen LogP contribution in [0.3, 0.4) is 0 Å². The number of phenolic OH excluding ortho intramolecular Hbond substituents is 1. The average Bonchev–Trinajstić information content (AvgIpc) is 3.10. The molecular formula is C18H19N5O. The van der Waals surface area contributed by atoms with E-state index in [0.29, 0.717) is 11.6 Å². The van der Waals surface area contributed by atoms with Crippen molar-refractivity contribution in [2.24, 2.45) is 0 Å². The van der Waals surface area contributed by atoms with Gasteiger partial charge in [-0.15, -0.1) is 10.2 Å². The summed E-state index contributed by atoms with van der Waals surface area (Å²) in [6.45, 7) is 4.71. The van der Waals surface area contributed by atoms with Crippen molar-refractivity contribution in [3.63, 3.8) is 0 Å². The number of fused-ring (bicyclic) bond motifs is 1. The molecule has 0 saturated carbocycles. The van der Waals surface area contributed by atoms with Gasteiger partial charge in [0, 0.05) is 30.8 Å². The second kappa shape index (κ2) is 6.05. The zero-order valence-electron chi connectivity index (χ0n) is 13.5. The maximum absolute atomic E-state index is 10.1. The summed E-state index contributed by atoms with van der Waals surface area (Å²) < 4.78 is 0. The summed E-state index contributed by atoms with van der Waals surface area (Å²) in [5, 5.41) is 24.3. The first-order valence-electron chi connectivity index (χ1n) is 8.06. The van der Waals surface area contributed by atoms with Crippen LogP contribution in [0, 0.1) is 6.92 Å². The number of tetrazole rings is 1. The Morgan fingerprint density at radius 3 is 2.96 bits per heavy atom. The largest absolute Gasteiger partial charge is 0.508 e. The lowest BCUT2D eigenvalue weighted by Crippen LogP contribution is -2.30. The van der Waals surface area contributed by atoms with Gasteiger partial charge in [-0.05, 0) is 41.3 Å². The monoisotopic (exact) mass is 321 g/mol. The number of aromatic nitrogens is 4. The predicted octanol–water partition coefficient (Wildman–Crippen LogP) is 2.44. The van der Waals surface area contributed by atoms with Gasteiger partial charge in [-0.2, -0.15) is 5.21 Å². The molecule has 6 heteroatoms. The first-order valence-corrected chi connectivity index (χ1v) is 8.06. The number of aromatic hydroxyl groups is 1. The Morgan fingerprint density at radius 1 is 1.25 bits per heavy atom. The summed E-state index contributed by atoms with van der Waals surface area (Å²) in [4.78, 5) is 2.37. The van der Waals surface area contributed by atoms with Crippen LogP contribution >= 0.6 is 0 Å². The molecule has 2 heterocycles. The molecule has 4 rings (SSSR count). The van der Waals surface area contributed by atoms with E-state index in [2.05, 4.69) is 50.6 Å². The lowest BCUT2D eigenvalue weighted by Gasteiger charge is -2.29. The number of rotatable bonds is 3. The van der Waals surface area contributed by atoms with E-state index in [1.54, 1.807) is 6.07 Å². The second-order valence-electron chi connectivity index (χ2n) is 6.26. The van der Waals surface area contributed by atoms with E-state index in [1.807, 2.05) is 12.1 Å². The molecule has 1 aliphatic rings. The number of nitrogens with zero attached hydrogens (tertiary/aromatic N) is 4. The van der Waals surface area contributed by atoms with Crippen LogP contribution in [0.25, 0.3) is 11.4 Å². The minimum absolute atomic E-state index is 0.404. The minimum atomic E-state index is 0.404. The molecule has 0 fully saturated rings. The van der Waals surface area contributed by atoms with E-state index in [-0.39, 0.29) is 0 Å². The lowest BCUT2D eigenvalue weighted by atomic mass is 9.98. The maximum atomic E-state index is 10.1. The first-order chi connectivity index (χ1) is 11.7. The van der Waals surface area contributed by atoms with Crippen molar-refractivity contribution >= 4 is 0 Å². The molecule has 0 spiro atoms. The Balaban J connectivity index is 1.52. The molecule has 122 valence electrons. The lowest BCUT2D eigenvalue weighted by molar-refractivity contribution is 0.241.